The molecule has 0 amide bonds. The molecule has 0 radical (unpaired) electrons. The molecule has 0 aromatic heterocycles. The van der Waals surface area contributed by atoms with Gasteiger partial charge in [-0.25, -0.2) is 9.59 Å². The van der Waals surface area contributed by atoms with Crippen molar-refractivity contribution in [3.8, 4) is 0 Å². The van der Waals surface area contributed by atoms with E-state index in [2.05, 4.69) is 0 Å². The van der Waals surface area contributed by atoms with Crippen LogP contribution in [0.4, 0.5) is 0 Å². The van der Waals surface area contributed by atoms with Crippen LogP contribution in [-0.2, 0) is 30.5 Å². The summed E-state index contributed by atoms with van der Waals surface area (Å²) in [7, 11) is 0. The molecule has 0 N–H and O–H groups in total. The van der Waals surface area contributed by atoms with Crippen molar-refractivity contribution < 1.29 is 23.9 Å². The molecule has 1 rings (SSSR count). The van der Waals surface area contributed by atoms with E-state index in [-0.39, 0.29) is 6.61 Å². The van der Waals surface area contributed by atoms with Crippen molar-refractivity contribution in [2.75, 3.05) is 0 Å². The first-order valence-corrected chi connectivity index (χ1v) is 6.00. The lowest BCUT2D eigenvalue weighted by atomic mass is 10.2. The van der Waals surface area contributed by atoms with Gasteiger partial charge in [0.1, 0.15) is 6.61 Å². The fourth-order valence-electron chi connectivity index (χ4n) is 1.19. The molecule has 0 saturated carbocycles. The Morgan fingerprint density at radius 3 is 2.32 bits per heavy atom. The lowest BCUT2D eigenvalue weighted by Gasteiger charge is -2.09. The molecule has 1 unspecified atom stereocenters. The van der Waals surface area contributed by atoms with Crippen LogP contribution in [-0.4, -0.2) is 23.8 Å². The number of ketones is 1. The van der Waals surface area contributed by atoms with Crippen LogP contribution in [0.1, 0.15) is 25.8 Å². The maximum atomic E-state index is 11.4. The summed E-state index contributed by atoms with van der Waals surface area (Å²) in [5, 5.41) is 0. The molecule has 0 spiro atoms. The van der Waals surface area contributed by atoms with Gasteiger partial charge >= 0.3 is 17.7 Å². The van der Waals surface area contributed by atoms with E-state index in [1.165, 1.54) is 0 Å². The summed E-state index contributed by atoms with van der Waals surface area (Å²) in [6.45, 7) is 3.39. The number of carbonyl (C=O) groups is 3. The maximum absolute atomic E-state index is 11.4. The minimum absolute atomic E-state index is 0.0535. The van der Waals surface area contributed by atoms with Crippen LogP contribution in [0.3, 0.4) is 0 Å². The largest absolute Gasteiger partial charge is 0.456 e. The second-order valence-corrected chi connectivity index (χ2v) is 4.02. The average molecular weight is 264 g/mol. The number of carbonyl (C=O) groups excluding carboxylic acids is 3. The van der Waals surface area contributed by atoms with Crippen LogP contribution in [0.2, 0.25) is 0 Å². The Bertz CT molecular complexity index is 452. The minimum Gasteiger partial charge on any atom is -0.456 e. The number of Topliss-reactive ketones (excluding diaryl/α,β-unsaturated/α-hetero) is 1. The first-order chi connectivity index (χ1) is 9.04. The first kappa shape index (κ1) is 14.9. The van der Waals surface area contributed by atoms with E-state index in [0.29, 0.717) is 6.42 Å². The third kappa shape index (κ3) is 4.91. The average Bonchev–Trinajstić information content (AvgIpc) is 2.44. The summed E-state index contributed by atoms with van der Waals surface area (Å²) in [5.41, 5.74) is 0.735. The van der Waals surface area contributed by atoms with Crippen molar-refractivity contribution >= 4 is 17.7 Å². The molecule has 19 heavy (non-hydrogen) atoms. The van der Waals surface area contributed by atoms with Crippen LogP contribution in [0.25, 0.3) is 0 Å². The Labute approximate surface area is 111 Å². The smallest absolute Gasteiger partial charge is 0.387 e. The molecule has 0 aliphatic heterocycles. The molecule has 5 heteroatoms. The SMILES string of the molecule is CCC(C)OC(=O)C(=O)C(=O)OCc1ccccc1. The first-order valence-electron chi connectivity index (χ1n) is 6.00. The maximum Gasteiger partial charge on any atom is 0.387 e. The molecule has 0 bridgehead atoms. The Kier molecular flexibility index (Phi) is 5.73. The van der Waals surface area contributed by atoms with Crippen LogP contribution in [0.15, 0.2) is 30.3 Å². The zero-order valence-corrected chi connectivity index (χ0v) is 10.9. The summed E-state index contributed by atoms with van der Waals surface area (Å²) < 4.78 is 9.48. The summed E-state index contributed by atoms with van der Waals surface area (Å²) in [6.07, 6.45) is 0.163. The second kappa shape index (κ2) is 7.31. The molecule has 0 fully saturated rings. The van der Waals surface area contributed by atoms with Gasteiger partial charge in [0.05, 0.1) is 6.10 Å². The highest BCUT2D eigenvalue weighted by Crippen LogP contribution is 2.02. The highest BCUT2D eigenvalue weighted by atomic mass is 16.6. The van der Waals surface area contributed by atoms with Crippen molar-refractivity contribution in [3.63, 3.8) is 0 Å². The number of esters is 2. The highest BCUT2D eigenvalue weighted by molar-refractivity contribution is 6.60. The highest BCUT2D eigenvalue weighted by Gasteiger charge is 2.27. The predicted octanol–water partition coefficient (Wildman–Crippen LogP) is 1.64. The zero-order valence-electron chi connectivity index (χ0n) is 10.9. The summed E-state index contributed by atoms with van der Waals surface area (Å²) in [6, 6.07) is 8.87. The van der Waals surface area contributed by atoms with Crippen molar-refractivity contribution in [2.45, 2.75) is 33.0 Å². The van der Waals surface area contributed by atoms with E-state index in [1.807, 2.05) is 6.07 Å². The molecule has 0 aliphatic rings. The number of hydrogen-bond acceptors (Lipinski definition) is 5. The van der Waals surface area contributed by atoms with Gasteiger partial charge in [0.15, 0.2) is 0 Å². The Morgan fingerprint density at radius 2 is 1.74 bits per heavy atom. The molecule has 102 valence electrons. The minimum atomic E-state index is -1.28. The topological polar surface area (TPSA) is 69.7 Å². The van der Waals surface area contributed by atoms with Crippen molar-refractivity contribution in [3.05, 3.63) is 35.9 Å². The normalized spacial score (nSPS) is 11.5. The fourth-order valence-corrected chi connectivity index (χ4v) is 1.19. The molecule has 0 saturated heterocycles. The second-order valence-electron chi connectivity index (χ2n) is 4.02. The third-order valence-corrected chi connectivity index (χ3v) is 2.47. The van der Waals surface area contributed by atoms with Crippen molar-refractivity contribution in [2.24, 2.45) is 0 Å². The molecule has 1 atom stereocenters. The van der Waals surface area contributed by atoms with Gasteiger partial charge in [-0.2, -0.15) is 0 Å². The molecule has 1 aromatic carbocycles. The molecular formula is C14H16O5. The molecule has 0 aliphatic carbocycles. The van der Waals surface area contributed by atoms with Gasteiger partial charge in [-0.15, -0.1) is 0 Å². The summed E-state index contributed by atoms with van der Waals surface area (Å²) in [4.78, 5) is 34.0. The summed E-state index contributed by atoms with van der Waals surface area (Å²) in [5.74, 6) is -3.65. The van der Waals surface area contributed by atoms with Crippen LogP contribution < -0.4 is 0 Å². The van der Waals surface area contributed by atoms with E-state index in [4.69, 9.17) is 9.47 Å². The molecule has 5 nitrogen and oxygen atoms in total. The van der Waals surface area contributed by atoms with Gasteiger partial charge in [0, 0.05) is 0 Å². The molecule has 0 heterocycles. The Balaban J connectivity index is 2.45. The lowest BCUT2D eigenvalue weighted by Crippen LogP contribution is -2.30. The van der Waals surface area contributed by atoms with E-state index in [9.17, 15) is 14.4 Å². The standard InChI is InChI=1S/C14H16O5/c1-3-10(2)19-14(17)12(15)13(16)18-9-11-7-5-4-6-8-11/h4-8,10H,3,9H2,1-2H3. The third-order valence-electron chi connectivity index (χ3n) is 2.47. The van der Waals surface area contributed by atoms with Gasteiger partial charge < -0.3 is 9.47 Å². The summed E-state index contributed by atoms with van der Waals surface area (Å²) >= 11 is 0. The van der Waals surface area contributed by atoms with Crippen LogP contribution in [0, 0.1) is 0 Å². The number of hydrogen-bond donors (Lipinski definition) is 0. The van der Waals surface area contributed by atoms with Gasteiger partial charge in [0.2, 0.25) is 0 Å². The van der Waals surface area contributed by atoms with E-state index in [0.717, 1.165) is 5.56 Å². The van der Waals surface area contributed by atoms with Gasteiger partial charge in [-0.05, 0) is 18.9 Å². The van der Waals surface area contributed by atoms with E-state index in [1.54, 1.807) is 38.1 Å². The van der Waals surface area contributed by atoms with Crippen molar-refractivity contribution in [1.29, 1.82) is 0 Å². The van der Waals surface area contributed by atoms with Gasteiger partial charge in [-0.1, -0.05) is 37.3 Å². The number of rotatable bonds is 6. The molecular weight excluding hydrogens is 248 g/mol. The van der Waals surface area contributed by atoms with E-state index >= 15 is 0 Å². The number of benzene rings is 1. The van der Waals surface area contributed by atoms with Crippen LogP contribution in [0.5, 0.6) is 0 Å². The zero-order chi connectivity index (χ0) is 14.3. The van der Waals surface area contributed by atoms with Gasteiger partial charge in [-0.3, -0.25) is 4.79 Å². The van der Waals surface area contributed by atoms with E-state index < -0.39 is 23.8 Å². The molecule has 1 aromatic rings. The predicted molar refractivity (Wildman–Crippen MR) is 67.1 cm³/mol. The Morgan fingerprint density at radius 1 is 1.11 bits per heavy atom. The fraction of sp³-hybridized carbons (Fsp3) is 0.357. The number of ether oxygens (including phenoxy) is 2. The van der Waals surface area contributed by atoms with Crippen molar-refractivity contribution in [1.82, 2.24) is 0 Å². The quantitative estimate of drug-likeness (QED) is 0.444. The van der Waals surface area contributed by atoms with Gasteiger partial charge in [0.25, 0.3) is 0 Å². The van der Waals surface area contributed by atoms with Crippen LogP contribution >= 0.6 is 0 Å². The monoisotopic (exact) mass is 264 g/mol. The lowest BCUT2D eigenvalue weighted by molar-refractivity contribution is -0.167. The Hall–Kier alpha value is -2.17.